The number of nitrogens with zero attached hydrogens (tertiary/aromatic N) is 3. The van der Waals surface area contributed by atoms with E-state index in [0.717, 1.165) is 21.8 Å². The lowest BCUT2D eigenvalue weighted by Gasteiger charge is -2.12. The Labute approximate surface area is 191 Å². The number of aliphatic imine (C=N–C) groups is 1. The van der Waals surface area contributed by atoms with Crippen LogP contribution >= 0.6 is 0 Å². The second-order valence-corrected chi connectivity index (χ2v) is 8.28. The minimum Gasteiger partial charge on any atom is -0.389 e. The normalized spacial score (nSPS) is 16.9. The molecule has 0 fully saturated rings. The van der Waals surface area contributed by atoms with Crippen molar-refractivity contribution in [3.63, 3.8) is 0 Å². The smallest absolute Gasteiger partial charge is 0.385 e. The number of hydrogen-bond donors (Lipinski definition) is 3. The van der Waals surface area contributed by atoms with E-state index in [1.54, 1.807) is 6.21 Å². The van der Waals surface area contributed by atoms with Gasteiger partial charge in [-0.2, -0.15) is 4.99 Å². The van der Waals surface area contributed by atoms with Crippen molar-refractivity contribution in [2.45, 2.75) is 38.3 Å². The number of hydrogen-bond acceptors (Lipinski definition) is 4. The Morgan fingerprint density at radius 2 is 2.06 bits per heavy atom. The van der Waals surface area contributed by atoms with Crippen LogP contribution in [0.3, 0.4) is 0 Å². The van der Waals surface area contributed by atoms with Gasteiger partial charge in [-0.25, -0.2) is 14.4 Å². The first-order valence-corrected chi connectivity index (χ1v) is 11.2. The molecule has 0 saturated heterocycles. The molecule has 1 aliphatic heterocycles. The van der Waals surface area contributed by atoms with Gasteiger partial charge in [0, 0.05) is 25.2 Å². The molecular formula is C25H29N5O3+2. The second kappa shape index (κ2) is 10.3. The van der Waals surface area contributed by atoms with E-state index in [4.69, 9.17) is 5.73 Å². The summed E-state index contributed by atoms with van der Waals surface area (Å²) < 4.78 is 3.96. The Morgan fingerprint density at radius 3 is 2.79 bits per heavy atom. The Balaban J connectivity index is 1.42. The first-order chi connectivity index (χ1) is 16.0. The van der Waals surface area contributed by atoms with Crippen LogP contribution in [0.25, 0.3) is 12.2 Å². The number of rotatable bonds is 9. The number of benzene rings is 1. The SMILES string of the molecule is NC(=O)C1=NC[N+]([C@H](CO)CCn2ccc3c2=CC(=[NH+]C(=O)CCc2ccccc2)CC=3)=C1. The minimum absolute atomic E-state index is 0.00947. The quantitative estimate of drug-likeness (QED) is 0.381. The largest absolute Gasteiger partial charge is 0.389 e. The van der Waals surface area contributed by atoms with Crippen molar-refractivity contribution in [1.29, 1.82) is 0 Å². The molecule has 0 radical (unpaired) electrons. The predicted molar refractivity (Wildman–Crippen MR) is 126 cm³/mol. The summed E-state index contributed by atoms with van der Waals surface area (Å²) in [6.45, 7) is 0.947. The van der Waals surface area contributed by atoms with Crippen LogP contribution in [0.15, 0.2) is 47.6 Å². The average molecular weight is 448 g/mol. The molecule has 4 rings (SSSR count). The Hall–Kier alpha value is -3.65. The van der Waals surface area contributed by atoms with Crippen LogP contribution in [0, 0.1) is 0 Å². The number of aromatic nitrogens is 1. The number of nitrogens with one attached hydrogen (secondary N) is 1. The van der Waals surface area contributed by atoms with Gasteiger partial charge in [0.05, 0.1) is 18.2 Å². The highest BCUT2D eigenvalue weighted by atomic mass is 16.3. The first kappa shape index (κ1) is 22.5. The molecule has 0 saturated carbocycles. The van der Waals surface area contributed by atoms with E-state index in [1.807, 2.05) is 47.2 Å². The molecule has 0 spiro atoms. The summed E-state index contributed by atoms with van der Waals surface area (Å²) in [6, 6.07) is 11.9. The third kappa shape index (κ3) is 5.59. The van der Waals surface area contributed by atoms with Gasteiger partial charge in [0.25, 0.3) is 5.91 Å². The Morgan fingerprint density at radius 1 is 1.24 bits per heavy atom. The molecule has 1 atom stereocenters. The van der Waals surface area contributed by atoms with Gasteiger partial charge in [-0.1, -0.05) is 36.4 Å². The van der Waals surface area contributed by atoms with Crippen LogP contribution in [0.2, 0.25) is 0 Å². The summed E-state index contributed by atoms with van der Waals surface area (Å²) in [5.74, 6) is -0.553. The molecule has 2 heterocycles. The van der Waals surface area contributed by atoms with E-state index in [9.17, 15) is 14.7 Å². The van der Waals surface area contributed by atoms with Gasteiger partial charge >= 0.3 is 5.91 Å². The minimum atomic E-state index is -0.562. The fraction of sp³-hybridized carbons (Fsp3) is 0.320. The third-order valence-corrected chi connectivity index (χ3v) is 6.00. The molecule has 33 heavy (non-hydrogen) atoms. The van der Waals surface area contributed by atoms with Gasteiger partial charge in [0.2, 0.25) is 6.67 Å². The molecule has 8 heteroatoms. The number of aryl methyl sites for hydroxylation is 2. The average Bonchev–Trinajstić information content (AvgIpc) is 3.47. The van der Waals surface area contributed by atoms with Crippen molar-refractivity contribution < 1.29 is 24.3 Å². The molecule has 170 valence electrons. The van der Waals surface area contributed by atoms with Gasteiger partial charge in [0.1, 0.15) is 6.61 Å². The fourth-order valence-corrected chi connectivity index (χ4v) is 4.12. The van der Waals surface area contributed by atoms with Crippen LogP contribution in [-0.4, -0.2) is 63.0 Å². The van der Waals surface area contributed by atoms with Crippen molar-refractivity contribution in [3.05, 3.63) is 58.7 Å². The zero-order valence-electron chi connectivity index (χ0n) is 18.5. The van der Waals surface area contributed by atoms with Gasteiger partial charge in [-0.15, -0.1) is 0 Å². The monoisotopic (exact) mass is 447 g/mol. The predicted octanol–water partition coefficient (Wildman–Crippen LogP) is -2.13. The standard InChI is InChI=1S/C25H27N5O3/c26-25(33)22-15-30(17-27-22)21(16-31)11-13-29-12-10-19-7-8-20(14-23(19)29)28-24(32)9-6-18-4-2-1-3-5-18/h1-5,7,10,12,14-15,21,31H,6,8-9,11,13,16-17H2,(H-,26,33)/p+2/t21-/m0/s1. The number of aliphatic hydroxyl groups excluding tert-OH is 1. The van der Waals surface area contributed by atoms with E-state index >= 15 is 0 Å². The molecule has 2 amide bonds. The lowest BCUT2D eigenvalue weighted by Crippen LogP contribution is -2.77. The molecule has 1 aromatic heterocycles. The van der Waals surface area contributed by atoms with E-state index in [2.05, 4.69) is 26.7 Å². The van der Waals surface area contributed by atoms with E-state index < -0.39 is 5.91 Å². The summed E-state index contributed by atoms with van der Waals surface area (Å²) in [6.07, 6.45) is 10.3. The topological polar surface area (TPSA) is 115 Å². The van der Waals surface area contributed by atoms with Crippen LogP contribution < -0.4 is 21.3 Å². The summed E-state index contributed by atoms with van der Waals surface area (Å²) >= 11 is 0. The van der Waals surface area contributed by atoms with Gasteiger partial charge in [-0.3, -0.25) is 4.79 Å². The summed E-state index contributed by atoms with van der Waals surface area (Å²) in [7, 11) is 0. The Bertz CT molecular complexity index is 1250. The summed E-state index contributed by atoms with van der Waals surface area (Å²) in [5, 5.41) is 12.0. The lowest BCUT2D eigenvalue weighted by atomic mass is 10.1. The van der Waals surface area contributed by atoms with E-state index in [-0.39, 0.29) is 24.3 Å². The molecule has 2 aromatic rings. The first-order valence-electron chi connectivity index (χ1n) is 11.2. The van der Waals surface area contributed by atoms with Crippen molar-refractivity contribution >= 4 is 41.6 Å². The fourth-order valence-electron chi connectivity index (χ4n) is 4.12. The molecular weight excluding hydrogens is 418 g/mol. The molecule has 1 aliphatic carbocycles. The van der Waals surface area contributed by atoms with Crippen LogP contribution in [0.4, 0.5) is 0 Å². The van der Waals surface area contributed by atoms with Gasteiger partial charge in [0.15, 0.2) is 23.7 Å². The van der Waals surface area contributed by atoms with Crippen molar-refractivity contribution in [1.82, 2.24) is 4.57 Å². The highest BCUT2D eigenvalue weighted by Gasteiger charge is 2.26. The Kier molecular flexibility index (Phi) is 7.04. The van der Waals surface area contributed by atoms with E-state index in [0.29, 0.717) is 38.9 Å². The molecule has 1 aromatic carbocycles. The maximum Gasteiger partial charge on any atom is 0.385 e. The number of carbonyl (C=O) groups is 2. The second-order valence-electron chi connectivity index (χ2n) is 8.28. The highest BCUT2D eigenvalue weighted by Crippen LogP contribution is 2.04. The number of primary amides is 1. The van der Waals surface area contributed by atoms with Crippen molar-refractivity contribution in [3.8, 4) is 0 Å². The molecule has 0 bridgehead atoms. The van der Waals surface area contributed by atoms with Gasteiger partial charge < -0.3 is 15.4 Å². The van der Waals surface area contributed by atoms with Crippen LogP contribution in [0.1, 0.15) is 24.8 Å². The third-order valence-electron chi connectivity index (χ3n) is 6.00. The van der Waals surface area contributed by atoms with Crippen LogP contribution in [0.5, 0.6) is 0 Å². The number of aliphatic hydroxyl groups is 1. The number of nitrogens with two attached hydrogens (primary N) is 1. The summed E-state index contributed by atoms with van der Waals surface area (Å²) in [4.78, 5) is 30.9. The highest BCUT2D eigenvalue weighted by molar-refractivity contribution is 6.59. The van der Waals surface area contributed by atoms with Crippen LogP contribution in [-0.2, 0) is 22.6 Å². The number of amides is 2. The maximum atomic E-state index is 12.4. The lowest BCUT2D eigenvalue weighted by molar-refractivity contribution is -0.560. The molecule has 8 nitrogen and oxygen atoms in total. The zero-order chi connectivity index (χ0) is 23.2. The summed E-state index contributed by atoms with van der Waals surface area (Å²) in [5.41, 5.74) is 7.55. The molecule has 0 unspecified atom stereocenters. The molecule has 2 aliphatic rings. The van der Waals surface area contributed by atoms with Crippen molar-refractivity contribution in [2.75, 3.05) is 13.3 Å². The number of carbonyl (C=O) groups excluding carboxylic acids is 2. The molecule has 4 N–H and O–H groups in total. The zero-order valence-corrected chi connectivity index (χ0v) is 18.5. The number of fused-ring (bicyclic) bond motifs is 1. The maximum absolute atomic E-state index is 12.4. The van der Waals surface area contributed by atoms with Crippen molar-refractivity contribution in [2.24, 2.45) is 10.7 Å². The van der Waals surface area contributed by atoms with Gasteiger partial charge in [-0.05, 0) is 23.3 Å². The van der Waals surface area contributed by atoms with E-state index in [1.165, 1.54) is 0 Å².